The summed E-state index contributed by atoms with van der Waals surface area (Å²) in [6.07, 6.45) is -4.56. The molecule has 23 heavy (non-hydrogen) atoms. The summed E-state index contributed by atoms with van der Waals surface area (Å²) < 4.78 is 39.0. The molecule has 1 aliphatic rings. The van der Waals surface area contributed by atoms with Crippen LogP contribution in [0, 0.1) is 3.57 Å². The minimum absolute atomic E-state index is 0.0344. The molecule has 0 aromatic heterocycles. The maximum Gasteiger partial charge on any atom is 0.416 e. The van der Waals surface area contributed by atoms with Crippen molar-refractivity contribution in [2.75, 3.05) is 5.32 Å². The first-order valence-electron chi connectivity index (χ1n) is 6.38. The summed E-state index contributed by atoms with van der Waals surface area (Å²) in [7, 11) is 0. The van der Waals surface area contributed by atoms with E-state index in [9.17, 15) is 28.2 Å². The normalized spacial score (nSPS) is 20.3. The van der Waals surface area contributed by atoms with E-state index in [-0.39, 0.29) is 22.6 Å². The molecule has 0 saturated heterocycles. The molecule has 3 N–H and O–H groups in total. The second kappa shape index (κ2) is 5.10. The fourth-order valence-corrected chi connectivity index (χ4v) is 3.03. The van der Waals surface area contributed by atoms with Gasteiger partial charge in [0.25, 0.3) is 5.91 Å². The molecule has 1 aliphatic heterocycles. The van der Waals surface area contributed by atoms with Crippen LogP contribution < -0.4 is 5.32 Å². The second-order valence-electron chi connectivity index (χ2n) is 5.08. The average Bonchev–Trinajstić information content (AvgIpc) is 2.72. The molecule has 2 aromatic carbocycles. The monoisotopic (exact) mass is 435 g/mol. The Hall–Kier alpha value is -1.81. The Morgan fingerprint density at radius 3 is 2.43 bits per heavy atom. The molecule has 0 fully saturated rings. The largest absolute Gasteiger partial charge is 0.508 e. The molecule has 2 aromatic rings. The van der Waals surface area contributed by atoms with E-state index in [4.69, 9.17) is 0 Å². The molecular weight excluding hydrogens is 426 g/mol. The fourth-order valence-electron chi connectivity index (χ4n) is 2.54. The van der Waals surface area contributed by atoms with Crippen molar-refractivity contribution in [1.29, 1.82) is 0 Å². The molecule has 1 heterocycles. The van der Waals surface area contributed by atoms with Gasteiger partial charge in [0.15, 0.2) is 5.60 Å². The topological polar surface area (TPSA) is 69.6 Å². The van der Waals surface area contributed by atoms with Crippen LogP contribution in [-0.2, 0) is 16.6 Å². The Morgan fingerprint density at radius 2 is 1.78 bits per heavy atom. The van der Waals surface area contributed by atoms with Crippen LogP contribution in [0.2, 0.25) is 0 Å². The number of phenols is 1. The van der Waals surface area contributed by atoms with Gasteiger partial charge in [0, 0.05) is 20.4 Å². The van der Waals surface area contributed by atoms with Crippen molar-refractivity contribution in [3.05, 3.63) is 56.7 Å². The first-order chi connectivity index (χ1) is 10.6. The molecule has 120 valence electrons. The maximum atomic E-state index is 12.8. The highest BCUT2D eigenvalue weighted by molar-refractivity contribution is 14.1. The lowest BCUT2D eigenvalue weighted by atomic mass is 9.86. The van der Waals surface area contributed by atoms with Crippen molar-refractivity contribution in [3.8, 4) is 5.75 Å². The highest BCUT2D eigenvalue weighted by atomic mass is 127. The average molecular weight is 435 g/mol. The van der Waals surface area contributed by atoms with E-state index in [1.165, 1.54) is 12.1 Å². The number of phenolic OH excluding ortho intramolecular Hbond substituents is 1. The summed E-state index contributed by atoms with van der Waals surface area (Å²) >= 11 is 1.94. The third-order valence-corrected chi connectivity index (χ3v) is 4.33. The first kappa shape index (κ1) is 16.1. The number of alkyl halides is 3. The Morgan fingerprint density at radius 1 is 1.09 bits per heavy atom. The lowest BCUT2D eigenvalue weighted by Crippen LogP contribution is -2.35. The third-order valence-electron chi connectivity index (χ3n) is 3.66. The second-order valence-corrected chi connectivity index (χ2v) is 6.33. The van der Waals surface area contributed by atoms with Crippen LogP contribution in [0.5, 0.6) is 5.75 Å². The van der Waals surface area contributed by atoms with Crippen molar-refractivity contribution >= 4 is 34.2 Å². The first-order valence-corrected chi connectivity index (χ1v) is 7.46. The van der Waals surface area contributed by atoms with Crippen molar-refractivity contribution < 1.29 is 28.2 Å². The minimum Gasteiger partial charge on any atom is -0.508 e. The molecule has 4 nitrogen and oxygen atoms in total. The third kappa shape index (κ3) is 2.45. The molecule has 0 spiro atoms. The SMILES string of the molecule is O=C1Nc2cc(C(F)(F)F)ccc2C1(O)c1cc(I)ccc1O. The van der Waals surface area contributed by atoms with Crippen LogP contribution in [0.4, 0.5) is 18.9 Å². The van der Waals surface area contributed by atoms with Gasteiger partial charge in [-0.3, -0.25) is 4.79 Å². The summed E-state index contributed by atoms with van der Waals surface area (Å²) in [5.74, 6) is -1.24. The predicted molar refractivity (Wildman–Crippen MR) is 83.9 cm³/mol. The Kier molecular flexibility index (Phi) is 3.56. The zero-order valence-electron chi connectivity index (χ0n) is 11.3. The van der Waals surface area contributed by atoms with E-state index >= 15 is 0 Å². The van der Waals surface area contributed by atoms with Crippen LogP contribution in [0.25, 0.3) is 0 Å². The van der Waals surface area contributed by atoms with Gasteiger partial charge in [-0.2, -0.15) is 13.2 Å². The zero-order valence-corrected chi connectivity index (χ0v) is 13.4. The molecule has 1 amide bonds. The number of benzene rings is 2. The van der Waals surface area contributed by atoms with E-state index in [0.29, 0.717) is 3.57 Å². The molecular formula is C15H9F3INO3. The smallest absolute Gasteiger partial charge is 0.416 e. The number of hydrogen-bond donors (Lipinski definition) is 3. The molecule has 1 unspecified atom stereocenters. The fraction of sp³-hybridized carbons (Fsp3) is 0.133. The highest BCUT2D eigenvalue weighted by Crippen LogP contribution is 2.45. The highest BCUT2D eigenvalue weighted by Gasteiger charge is 2.49. The molecule has 8 heteroatoms. The number of fused-ring (bicyclic) bond motifs is 1. The summed E-state index contributed by atoms with van der Waals surface area (Å²) in [6.45, 7) is 0. The van der Waals surface area contributed by atoms with Gasteiger partial charge in [0.2, 0.25) is 0 Å². The summed E-state index contributed by atoms with van der Waals surface area (Å²) in [5, 5.41) is 23.0. The van der Waals surface area contributed by atoms with Crippen LogP contribution >= 0.6 is 22.6 Å². The van der Waals surface area contributed by atoms with Crippen LogP contribution in [0.3, 0.4) is 0 Å². The Balaban J connectivity index is 2.20. The number of aromatic hydroxyl groups is 1. The Bertz CT molecular complexity index is 822. The van der Waals surface area contributed by atoms with Gasteiger partial charge < -0.3 is 15.5 Å². The predicted octanol–water partition coefficient (Wildman–Crippen LogP) is 3.20. The lowest BCUT2D eigenvalue weighted by molar-refractivity contribution is -0.137. The quantitative estimate of drug-likeness (QED) is 0.603. The number of carbonyl (C=O) groups excluding carboxylic acids is 1. The summed E-state index contributed by atoms with van der Waals surface area (Å²) in [6, 6.07) is 6.87. The van der Waals surface area contributed by atoms with Gasteiger partial charge in [-0.15, -0.1) is 0 Å². The number of carbonyl (C=O) groups is 1. The van der Waals surface area contributed by atoms with Crippen LogP contribution in [-0.4, -0.2) is 16.1 Å². The molecule has 0 saturated carbocycles. The van der Waals surface area contributed by atoms with Gasteiger partial charge in [-0.05, 0) is 52.9 Å². The standard InChI is InChI=1S/C15H9F3INO3/c16-15(17,18)7-1-3-9-11(5-7)20-13(22)14(9,23)10-6-8(19)2-4-12(10)21/h1-6,21,23H,(H,20,22). The van der Waals surface area contributed by atoms with Crippen molar-refractivity contribution in [2.24, 2.45) is 0 Å². The molecule has 0 bridgehead atoms. The van der Waals surface area contributed by atoms with Crippen molar-refractivity contribution in [2.45, 2.75) is 11.8 Å². The number of nitrogens with one attached hydrogen (secondary N) is 1. The van der Waals surface area contributed by atoms with E-state index in [2.05, 4.69) is 5.32 Å². The number of rotatable bonds is 1. The van der Waals surface area contributed by atoms with Gasteiger partial charge in [-0.1, -0.05) is 6.07 Å². The summed E-state index contributed by atoms with van der Waals surface area (Å²) in [4.78, 5) is 12.2. The van der Waals surface area contributed by atoms with Crippen LogP contribution in [0.1, 0.15) is 16.7 Å². The molecule has 1 atom stereocenters. The number of halogens is 4. The molecule has 0 radical (unpaired) electrons. The van der Waals surface area contributed by atoms with Gasteiger partial charge in [0.05, 0.1) is 5.56 Å². The van der Waals surface area contributed by atoms with E-state index in [0.717, 1.165) is 18.2 Å². The van der Waals surface area contributed by atoms with E-state index in [1.54, 1.807) is 6.07 Å². The maximum absolute atomic E-state index is 12.8. The Labute approximate surface area is 142 Å². The molecule has 0 aliphatic carbocycles. The van der Waals surface area contributed by atoms with E-state index in [1.807, 2.05) is 22.6 Å². The minimum atomic E-state index is -4.56. The van der Waals surface area contributed by atoms with Crippen LogP contribution in [0.15, 0.2) is 36.4 Å². The lowest BCUT2D eigenvalue weighted by Gasteiger charge is -2.22. The molecule has 3 rings (SSSR count). The number of amides is 1. The summed E-state index contributed by atoms with van der Waals surface area (Å²) in [5.41, 5.74) is -3.43. The van der Waals surface area contributed by atoms with Gasteiger partial charge >= 0.3 is 6.18 Å². The van der Waals surface area contributed by atoms with Gasteiger partial charge in [0.1, 0.15) is 5.75 Å². The number of aliphatic hydroxyl groups is 1. The number of hydrogen-bond acceptors (Lipinski definition) is 3. The van der Waals surface area contributed by atoms with E-state index < -0.39 is 23.2 Å². The van der Waals surface area contributed by atoms with Gasteiger partial charge in [-0.25, -0.2) is 0 Å². The van der Waals surface area contributed by atoms with Crippen molar-refractivity contribution in [3.63, 3.8) is 0 Å². The zero-order chi connectivity index (χ0) is 17.0. The van der Waals surface area contributed by atoms with Crippen molar-refractivity contribution in [1.82, 2.24) is 0 Å². The number of anilines is 1.